The number of ketones is 1. The third kappa shape index (κ3) is 3.30. The van der Waals surface area contributed by atoms with Crippen molar-refractivity contribution >= 4 is 47.8 Å². The minimum absolute atomic E-state index is 0.0143. The predicted octanol–water partition coefficient (Wildman–Crippen LogP) is 3.89. The average Bonchev–Trinajstić information content (AvgIpc) is 2.61. The quantitative estimate of drug-likeness (QED) is 0.383. The number of carbonyl (C=O) groups excluding carboxylic acids is 1. The molecule has 4 nitrogen and oxygen atoms in total. The molecule has 0 spiro atoms. The molecule has 1 unspecified atom stereocenters. The number of carbonyl (C=O) groups is 1. The number of ether oxygens (including phenoxy) is 2. The van der Waals surface area contributed by atoms with Gasteiger partial charge in [-0.2, -0.15) is 0 Å². The van der Waals surface area contributed by atoms with Gasteiger partial charge >= 0.3 is 0 Å². The topological polar surface area (TPSA) is 44.8 Å². The Morgan fingerprint density at radius 2 is 2.05 bits per heavy atom. The first-order valence-corrected chi connectivity index (χ1v) is 10.3. The summed E-state index contributed by atoms with van der Waals surface area (Å²) in [6.07, 6.45) is 0.779. The Labute approximate surface area is 141 Å². The van der Waals surface area contributed by atoms with Crippen molar-refractivity contribution in [1.82, 2.24) is 0 Å². The van der Waals surface area contributed by atoms with Crippen molar-refractivity contribution in [1.29, 1.82) is 0 Å². The van der Waals surface area contributed by atoms with E-state index in [2.05, 4.69) is 0 Å². The summed E-state index contributed by atoms with van der Waals surface area (Å²) < 4.78 is 17.3. The van der Waals surface area contributed by atoms with Gasteiger partial charge in [-0.3, -0.25) is 8.98 Å². The van der Waals surface area contributed by atoms with Gasteiger partial charge in [0.15, 0.2) is 11.6 Å². The average molecular weight is 435 g/mol. The summed E-state index contributed by atoms with van der Waals surface area (Å²) in [5.41, 5.74) is -0.468. The molecule has 1 aliphatic heterocycles. The summed E-state index contributed by atoms with van der Waals surface area (Å²) >= 11 is 8.42. The van der Waals surface area contributed by atoms with Gasteiger partial charge in [-0.15, -0.1) is 11.6 Å². The Morgan fingerprint density at radius 3 is 2.55 bits per heavy atom. The molecule has 2 fully saturated rings. The maximum Gasteiger partial charge on any atom is 0.163 e. The zero-order chi connectivity index (χ0) is 15.2. The van der Waals surface area contributed by atoms with Crippen LogP contribution >= 0.6 is 42.0 Å². The van der Waals surface area contributed by atoms with Gasteiger partial charge in [-0.25, -0.2) is 0 Å². The first kappa shape index (κ1) is 17.3. The van der Waals surface area contributed by atoms with Gasteiger partial charge in [0.2, 0.25) is 0 Å². The SMILES string of the molecule is CC1(C)OCC(C)([C@H]2CC(=O)[C@](C)(Cl)[C@@H](OSI)C2)O1. The summed E-state index contributed by atoms with van der Waals surface area (Å²) in [5, 5.41) is 0. The number of halogens is 2. The molecule has 1 saturated carbocycles. The highest BCUT2D eigenvalue weighted by Crippen LogP contribution is 2.46. The third-order valence-electron chi connectivity index (χ3n) is 4.28. The minimum atomic E-state index is -0.958. The lowest BCUT2D eigenvalue weighted by atomic mass is 9.72. The summed E-state index contributed by atoms with van der Waals surface area (Å²) in [5.74, 6) is -0.536. The van der Waals surface area contributed by atoms with Crippen LogP contribution in [0.4, 0.5) is 0 Å². The molecular weight excluding hydrogens is 415 g/mol. The molecule has 0 N–H and O–H groups in total. The van der Waals surface area contributed by atoms with Crippen molar-refractivity contribution in [2.45, 2.75) is 62.9 Å². The molecule has 0 aromatic carbocycles. The van der Waals surface area contributed by atoms with Crippen LogP contribution in [0.5, 0.6) is 0 Å². The largest absolute Gasteiger partial charge is 0.347 e. The van der Waals surface area contributed by atoms with Crippen LogP contribution in [0, 0.1) is 5.92 Å². The van der Waals surface area contributed by atoms with E-state index in [1.807, 2.05) is 42.0 Å². The molecule has 2 aliphatic rings. The molecule has 0 amide bonds. The molecule has 0 bridgehead atoms. The van der Waals surface area contributed by atoms with Gasteiger partial charge in [0.05, 0.1) is 27.5 Å². The second-order valence-corrected chi connectivity index (χ2v) is 8.57. The van der Waals surface area contributed by atoms with E-state index >= 15 is 0 Å². The summed E-state index contributed by atoms with van der Waals surface area (Å²) in [6, 6.07) is 0. The third-order valence-corrected chi connectivity index (χ3v) is 5.66. The highest BCUT2D eigenvalue weighted by molar-refractivity contribution is 14.2. The van der Waals surface area contributed by atoms with Gasteiger partial charge in [0, 0.05) is 27.6 Å². The Balaban J connectivity index is 2.17. The van der Waals surface area contributed by atoms with Crippen LogP contribution in [0.3, 0.4) is 0 Å². The van der Waals surface area contributed by atoms with Gasteiger partial charge in [0.1, 0.15) is 4.87 Å². The Kier molecular flexibility index (Phi) is 5.05. The van der Waals surface area contributed by atoms with Gasteiger partial charge < -0.3 is 9.47 Å². The van der Waals surface area contributed by atoms with Crippen molar-refractivity contribution < 1.29 is 18.5 Å². The first-order chi connectivity index (χ1) is 9.11. The van der Waals surface area contributed by atoms with Crippen LogP contribution in [0.1, 0.15) is 40.5 Å². The maximum absolute atomic E-state index is 12.4. The summed E-state index contributed by atoms with van der Waals surface area (Å²) in [4.78, 5) is 11.4. The fourth-order valence-corrected chi connectivity index (χ4v) is 4.32. The van der Waals surface area contributed by atoms with Crippen molar-refractivity contribution in [2.75, 3.05) is 6.61 Å². The fourth-order valence-electron chi connectivity index (χ4n) is 2.94. The van der Waals surface area contributed by atoms with E-state index in [4.69, 9.17) is 25.3 Å². The summed E-state index contributed by atoms with van der Waals surface area (Å²) in [7, 11) is 1.22. The Morgan fingerprint density at radius 1 is 1.40 bits per heavy atom. The number of hydrogen-bond acceptors (Lipinski definition) is 5. The maximum atomic E-state index is 12.4. The van der Waals surface area contributed by atoms with Crippen molar-refractivity contribution in [3.8, 4) is 0 Å². The second kappa shape index (κ2) is 5.85. The van der Waals surface area contributed by atoms with E-state index in [1.54, 1.807) is 6.92 Å². The Hall–Kier alpha value is 0.920. The van der Waals surface area contributed by atoms with Crippen LogP contribution in [0.15, 0.2) is 0 Å². The van der Waals surface area contributed by atoms with E-state index in [0.29, 0.717) is 19.4 Å². The van der Waals surface area contributed by atoms with Gasteiger partial charge in [-0.05, 0) is 40.0 Å². The fraction of sp³-hybridized carbons (Fsp3) is 0.923. The molecule has 116 valence electrons. The molecule has 2 rings (SSSR count). The van der Waals surface area contributed by atoms with Crippen LogP contribution in [-0.2, 0) is 18.5 Å². The van der Waals surface area contributed by atoms with E-state index in [9.17, 15) is 4.79 Å². The lowest BCUT2D eigenvalue weighted by molar-refractivity contribution is -0.175. The monoisotopic (exact) mass is 434 g/mol. The zero-order valence-corrected chi connectivity index (χ0v) is 15.8. The van der Waals surface area contributed by atoms with E-state index in [1.165, 1.54) is 9.21 Å². The molecule has 1 aliphatic carbocycles. The molecule has 0 radical (unpaired) electrons. The molecular formula is C13H20ClIO4S. The highest BCUT2D eigenvalue weighted by Gasteiger charge is 2.55. The highest BCUT2D eigenvalue weighted by atomic mass is 127. The molecule has 0 aromatic heterocycles. The molecule has 0 aromatic rings. The molecule has 7 heteroatoms. The van der Waals surface area contributed by atoms with E-state index in [0.717, 1.165) is 0 Å². The van der Waals surface area contributed by atoms with Crippen LogP contribution in [-0.4, -0.2) is 34.8 Å². The predicted molar refractivity (Wildman–Crippen MR) is 88.0 cm³/mol. The van der Waals surface area contributed by atoms with Gasteiger partial charge in [-0.1, -0.05) is 0 Å². The van der Waals surface area contributed by atoms with Crippen molar-refractivity contribution in [2.24, 2.45) is 5.92 Å². The number of hydrogen-bond donors (Lipinski definition) is 0. The van der Waals surface area contributed by atoms with E-state index in [-0.39, 0.29) is 17.8 Å². The van der Waals surface area contributed by atoms with E-state index < -0.39 is 16.3 Å². The first-order valence-electron chi connectivity index (χ1n) is 6.61. The molecule has 4 atom stereocenters. The number of rotatable bonds is 3. The smallest absolute Gasteiger partial charge is 0.163 e. The van der Waals surface area contributed by atoms with Crippen molar-refractivity contribution in [3.05, 3.63) is 0 Å². The lowest BCUT2D eigenvalue weighted by Gasteiger charge is -2.43. The lowest BCUT2D eigenvalue weighted by Crippen LogP contribution is -2.53. The van der Waals surface area contributed by atoms with Crippen LogP contribution in [0.25, 0.3) is 0 Å². The molecule has 1 heterocycles. The number of Topliss-reactive ketones (excluding diaryl/α,β-unsaturated/α-hetero) is 1. The van der Waals surface area contributed by atoms with Crippen LogP contribution in [0.2, 0.25) is 0 Å². The summed E-state index contributed by atoms with van der Waals surface area (Å²) in [6.45, 7) is 8.02. The number of alkyl halides is 1. The standard InChI is InChI=1S/C13H20ClIO4S/c1-11(2)17-7-12(3,19-11)8-5-9(16)13(4,14)10(6-8)18-20-15/h8,10H,5-7H2,1-4H3/t8-,10-,12?,13-/m0/s1. The zero-order valence-electron chi connectivity index (χ0n) is 12.1. The van der Waals surface area contributed by atoms with Gasteiger partial charge in [0.25, 0.3) is 0 Å². The van der Waals surface area contributed by atoms with Crippen LogP contribution < -0.4 is 0 Å². The minimum Gasteiger partial charge on any atom is -0.347 e. The molecule has 1 saturated heterocycles. The molecule has 20 heavy (non-hydrogen) atoms. The Bertz CT molecular complexity index is 404. The second-order valence-electron chi connectivity index (χ2n) is 6.39. The van der Waals surface area contributed by atoms with Crippen molar-refractivity contribution in [3.63, 3.8) is 0 Å². The normalized spacial score (nSPS) is 44.8.